The zero-order valence-electron chi connectivity index (χ0n) is 18.5. The van der Waals surface area contributed by atoms with Crippen LogP contribution < -0.4 is 14.8 Å². The van der Waals surface area contributed by atoms with Gasteiger partial charge >= 0.3 is 0 Å². The molecule has 0 radical (unpaired) electrons. The lowest BCUT2D eigenvalue weighted by atomic mass is 10.1. The Bertz CT molecular complexity index is 1270. The molecule has 0 unspecified atom stereocenters. The lowest BCUT2D eigenvalue weighted by Crippen LogP contribution is -2.07. The summed E-state index contributed by atoms with van der Waals surface area (Å²) in [5, 5.41) is 2.87. The number of carbonyl (C=O) groups excluding carboxylic acids is 1. The highest BCUT2D eigenvalue weighted by Gasteiger charge is 2.08. The number of hydrogen-bond acceptors (Lipinski definition) is 4. The van der Waals surface area contributed by atoms with Crippen molar-refractivity contribution in [1.82, 2.24) is 9.97 Å². The van der Waals surface area contributed by atoms with Gasteiger partial charge in [0, 0.05) is 17.3 Å². The molecule has 0 bridgehead atoms. The Morgan fingerprint density at radius 3 is 2.38 bits per heavy atom. The molecule has 4 rings (SSSR count). The van der Waals surface area contributed by atoms with Crippen LogP contribution in [0.1, 0.15) is 16.7 Å². The van der Waals surface area contributed by atoms with E-state index < -0.39 is 0 Å². The normalized spacial score (nSPS) is 11.1. The predicted octanol–water partition coefficient (Wildman–Crippen LogP) is 5.52. The van der Waals surface area contributed by atoms with Crippen molar-refractivity contribution in [2.75, 3.05) is 19.5 Å². The molecule has 162 valence electrons. The number of aromatic nitrogens is 2. The largest absolute Gasteiger partial charge is 0.493 e. The number of aromatic amines is 1. The summed E-state index contributed by atoms with van der Waals surface area (Å²) in [7, 11) is 3.16. The van der Waals surface area contributed by atoms with Gasteiger partial charge < -0.3 is 19.8 Å². The SMILES string of the molecule is COc1ccc(/C=C/C(=O)Nc2ccc(-c3nc4cc(C)c(C)cc4[nH]3)cc2)cc1OC. The summed E-state index contributed by atoms with van der Waals surface area (Å²) >= 11 is 0. The zero-order valence-corrected chi connectivity index (χ0v) is 18.5. The molecule has 4 aromatic rings. The molecule has 0 saturated carbocycles. The summed E-state index contributed by atoms with van der Waals surface area (Å²) in [6.45, 7) is 4.17. The number of nitrogens with one attached hydrogen (secondary N) is 2. The number of amides is 1. The second kappa shape index (κ2) is 8.98. The second-order valence-corrected chi connectivity index (χ2v) is 7.55. The van der Waals surface area contributed by atoms with Crippen molar-refractivity contribution in [3.63, 3.8) is 0 Å². The van der Waals surface area contributed by atoms with Crippen LogP contribution in [0.15, 0.2) is 60.7 Å². The first-order valence-corrected chi connectivity index (χ1v) is 10.3. The van der Waals surface area contributed by atoms with Crippen LogP contribution in [0.4, 0.5) is 5.69 Å². The Kier molecular flexibility index (Phi) is 5.94. The number of ether oxygens (including phenoxy) is 2. The predicted molar refractivity (Wildman–Crippen MR) is 128 cm³/mol. The van der Waals surface area contributed by atoms with E-state index in [1.165, 1.54) is 17.2 Å². The number of carbonyl (C=O) groups is 1. The van der Waals surface area contributed by atoms with Gasteiger partial charge in [0.05, 0.1) is 25.3 Å². The highest BCUT2D eigenvalue weighted by atomic mass is 16.5. The fourth-order valence-electron chi connectivity index (χ4n) is 3.43. The fraction of sp³-hybridized carbons (Fsp3) is 0.154. The molecule has 6 heteroatoms. The van der Waals surface area contributed by atoms with Gasteiger partial charge in [0.2, 0.25) is 5.91 Å². The van der Waals surface area contributed by atoms with E-state index in [1.807, 2.05) is 36.4 Å². The highest BCUT2D eigenvalue weighted by molar-refractivity contribution is 6.02. The first kappa shape index (κ1) is 21.2. The number of aryl methyl sites for hydroxylation is 2. The van der Waals surface area contributed by atoms with E-state index in [1.54, 1.807) is 26.4 Å². The number of rotatable bonds is 6. The minimum absolute atomic E-state index is 0.220. The van der Waals surface area contributed by atoms with Gasteiger partial charge in [-0.05, 0) is 85.1 Å². The van der Waals surface area contributed by atoms with E-state index in [0.29, 0.717) is 17.2 Å². The van der Waals surface area contributed by atoms with Gasteiger partial charge in [0.25, 0.3) is 0 Å². The maximum Gasteiger partial charge on any atom is 0.248 e. The van der Waals surface area contributed by atoms with Crippen LogP contribution in [0.5, 0.6) is 11.5 Å². The molecule has 1 heterocycles. The Labute approximate surface area is 186 Å². The number of methoxy groups -OCH3 is 2. The third-order valence-corrected chi connectivity index (χ3v) is 5.36. The van der Waals surface area contributed by atoms with Gasteiger partial charge in [-0.15, -0.1) is 0 Å². The van der Waals surface area contributed by atoms with E-state index in [-0.39, 0.29) is 5.91 Å². The van der Waals surface area contributed by atoms with Crippen molar-refractivity contribution in [2.24, 2.45) is 0 Å². The van der Waals surface area contributed by atoms with Gasteiger partial charge in [-0.2, -0.15) is 0 Å². The number of nitrogens with zero attached hydrogens (tertiary/aromatic N) is 1. The molecule has 2 N–H and O–H groups in total. The van der Waals surface area contributed by atoms with Crippen LogP contribution in [0, 0.1) is 13.8 Å². The molecule has 32 heavy (non-hydrogen) atoms. The summed E-state index contributed by atoms with van der Waals surface area (Å²) in [5.41, 5.74) is 6.90. The molecule has 0 aliphatic heterocycles. The van der Waals surface area contributed by atoms with Crippen molar-refractivity contribution in [1.29, 1.82) is 0 Å². The number of imidazole rings is 1. The van der Waals surface area contributed by atoms with Crippen molar-refractivity contribution < 1.29 is 14.3 Å². The van der Waals surface area contributed by atoms with E-state index in [0.717, 1.165) is 28.0 Å². The van der Waals surface area contributed by atoms with Crippen molar-refractivity contribution in [2.45, 2.75) is 13.8 Å². The van der Waals surface area contributed by atoms with Gasteiger partial charge in [-0.1, -0.05) is 6.07 Å². The van der Waals surface area contributed by atoms with E-state index in [4.69, 9.17) is 14.5 Å². The minimum atomic E-state index is -0.220. The summed E-state index contributed by atoms with van der Waals surface area (Å²) in [6.07, 6.45) is 3.21. The smallest absolute Gasteiger partial charge is 0.248 e. The van der Waals surface area contributed by atoms with Crippen molar-refractivity contribution in [3.05, 3.63) is 77.4 Å². The van der Waals surface area contributed by atoms with E-state index in [2.05, 4.69) is 36.3 Å². The Hall–Kier alpha value is -4.06. The highest BCUT2D eigenvalue weighted by Crippen LogP contribution is 2.28. The molecule has 1 amide bonds. The van der Waals surface area contributed by atoms with Gasteiger partial charge in [-0.3, -0.25) is 4.79 Å². The third kappa shape index (κ3) is 4.49. The third-order valence-electron chi connectivity index (χ3n) is 5.36. The molecular weight excluding hydrogens is 402 g/mol. The summed E-state index contributed by atoms with van der Waals surface area (Å²) in [5.74, 6) is 1.84. The zero-order chi connectivity index (χ0) is 22.7. The van der Waals surface area contributed by atoms with Crippen LogP contribution in [-0.4, -0.2) is 30.1 Å². The minimum Gasteiger partial charge on any atom is -0.493 e. The van der Waals surface area contributed by atoms with E-state index >= 15 is 0 Å². The first-order valence-electron chi connectivity index (χ1n) is 10.3. The monoisotopic (exact) mass is 427 g/mol. The van der Waals surface area contributed by atoms with Crippen LogP contribution in [0.3, 0.4) is 0 Å². The maximum atomic E-state index is 12.3. The van der Waals surface area contributed by atoms with Gasteiger partial charge in [0.1, 0.15) is 5.82 Å². The average molecular weight is 428 g/mol. The Balaban J connectivity index is 1.44. The summed E-state index contributed by atoms with van der Waals surface area (Å²) in [6, 6.07) is 17.3. The molecule has 0 atom stereocenters. The summed E-state index contributed by atoms with van der Waals surface area (Å²) < 4.78 is 10.5. The van der Waals surface area contributed by atoms with Crippen molar-refractivity contribution >= 4 is 28.7 Å². The molecule has 0 fully saturated rings. The Morgan fingerprint density at radius 2 is 1.66 bits per heavy atom. The number of hydrogen-bond donors (Lipinski definition) is 2. The van der Waals surface area contributed by atoms with Crippen LogP contribution in [0.25, 0.3) is 28.5 Å². The average Bonchev–Trinajstić information content (AvgIpc) is 3.20. The maximum absolute atomic E-state index is 12.3. The topological polar surface area (TPSA) is 76.2 Å². The molecule has 0 saturated heterocycles. The number of benzene rings is 3. The molecule has 3 aromatic carbocycles. The van der Waals surface area contributed by atoms with Crippen molar-refractivity contribution in [3.8, 4) is 22.9 Å². The Morgan fingerprint density at radius 1 is 0.938 bits per heavy atom. The molecule has 0 aliphatic carbocycles. The molecule has 0 aliphatic rings. The molecule has 1 aromatic heterocycles. The number of H-pyrrole nitrogens is 1. The quantitative estimate of drug-likeness (QED) is 0.398. The molecule has 6 nitrogen and oxygen atoms in total. The number of fused-ring (bicyclic) bond motifs is 1. The van der Waals surface area contributed by atoms with E-state index in [9.17, 15) is 4.79 Å². The molecular formula is C26H25N3O3. The lowest BCUT2D eigenvalue weighted by Gasteiger charge is -2.07. The van der Waals surface area contributed by atoms with Gasteiger partial charge in [0.15, 0.2) is 11.5 Å². The number of anilines is 1. The fourth-order valence-corrected chi connectivity index (χ4v) is 3.43. The first-order chi connectivity index (χ1) is 15.5. The van der Waals surface area contributed by atoms with Gasteiger partial charge in [-0.25, -0.2) is 4.98 Å². The lowest BCUT2D eigenvalue weighted by molar-refractivity contribution is -0.111. The summed E-state index contributed by atoms with van der Waals surface area (Å²) in [4.78, 5) is 20.4. The second-order valence-electron chi connectivity index (χ2n) is 7.55. The standard InChI is InChI=1S/C26H25N3O3/c1-16-13-21-22(14-17(16)2)29-26(28-21)19-7-9-20(10-8-19)27-25(30)12-6-18-5-11-23(31-3)24(15-18)32-4/h5-15H,1-4H3,(H,27,30)(H,28,29)/b12-6+. The van der Waals surface area contributed by atoms with Crippen LogP contribution in [-0.2, 0) is 4.79 Å². The van der Waals surface area contributed by atoms with Crippen LogP contribution in [0.2, 0.25) is 0 Å². The molecule has 0 spiro atoms. The van der Waals surface area contributed by atoms with Crippen LogP contribution >= 0.6 is 0 Å².